The maximum absolute atomic E-state index is 11.9. The van der Waals surface area contributed by atoms with Gasteiger partial charge in [-0.15, -0.1) is 0 Å². The lowest BCUT2D eigenvalue weighted by Gasteiger charge is -2.31. The number of carbonyl (C=O) groups is 1. The number of carboxylic acids is 1. The van der Waals surface area contributed by atoms with Crippen LogP contribution in [0.5, 0.6) is 0 Å². The fourth-order valence-electron chi connectivity index (χ4n) is 2.25. The van der Waals surface area contributed by atoms with Crippen LogP contribution >= 0.6 is 0 Å². The normalized spacial score (nSPS) is 18.9. The van der Waals surface area contributed by atoms with Crippen LogP contribution in [0, 0.1) is 5.92 Å². The van der Waals surface area contributed by atoms with E-state index < -0.39 is 16.0 Å². The van der Waals surface area contributed by atoms with Gasteiger partial charge in [0.25, 0.3) is 0 Å². The van der Waals surface area contributed by atoms with Crippen molar-refractivity contribution >= 4 is 16.0 Å². The molecule has 1 aliphatic heterocycles. The van der Waals surface area contributed by atoms with Gasteiger partial charge in [-0.05, 0) is 38.1 Å². The van der Waals surface area contributed by atoms with Crippen molar-refractivity contribution in [2.24, 2.45) is 11.7 Å². The summed E-state index contributed by atoms with van der Waals surface area (Å²) in [6.45, 7) is 1.73. The molecule has 18 heavy (non-hydrogen) atoms. The second-order valence-corrected chi connectivity index (χ2v) is 6.82. The number of nitrogens with two attached hydrogens (primary N) is 1. The summed E-state index contributed by atoms with van der Waals surface area (Å²) in [5.41, 5.74) is 5.49. The highest BCUT2D eigenvalue weighted by atomic mass is 32.2. The van der Waals surface area contributed by atoms with Crippen LogP contribution in [0.25, 0.3) is 0 Å². The van der Waals surface area contributed by atoms with E-state index in [-0.39, 0.29) is 18.6 Å². The fourth-order valence-corrected chi connectivity index (χ4v) is 3.78. The number of hydrogen-bond donors (Lipinski definition) is 2. The molecule has 0 amide bonds. The first-order chi connectivity index (χ1) is 8.45. The molecule has 0 radical (unpaired) electrons. The van der Waals surface area contributed by atoms with Gasteiger partial charge in [-0.2, -0.15) is 0 Å². The van der Waals surface area contributed by atoms with E-state index in [1.165, 1.54) is 4.31 Å². The highest BCUT2D eigenvalue weighted by Gasteiger charge is 2.27. The van der Waals surface area contributed by atoms with Gasteiger partial charge in [-0.25, -0.2) is 12.7 Å². The zero-order valence-corrected chi connectivity index (χ0v) is 11.4. The Bertz CT molecular complexity index is 361. The molecule has 106 valence electrons. The summed E-state index contributed by atoms with van der Waals surface area (Å²) in [5, 5.41) is 8.49. The van der Waals surface area contributed by atoms with Crippen LogP contribution in [0.15, 0.2) is 0 Å². The molecule has 1 fully saturated rings. The highest BCUT2D eigenvalue weighted by molar-refractivity contribution is 7.89. The monoisotopic (exact) mass is 278 g/mol. The van der Waals surface area contributed by atoms with Gasteiger partial charge >= 0.3 is 5.97 Å². The standard InChI is InChI=1S/C11H22N2O4S/c12-6-3-10-4-7-13(8-5-10)18(16,17)9-1-2-11(14)15/h10H,1-9,12H2,(H,14,15). The van der Waals surface area contributed by atoms with E-state index in [1.807, 2.05) is 0 Å². The third-order valence-corrected chi connectivity index (χ3v) is 5.29. The third kappa shape index (κ3) is 4.91. The molecule has 0 aromatic heterocycles. The summed E-state index contributed by atoms with van der Waals surface area (Å²) < 4.78 is 25.4. The molecule has 0 unspecified atom stereocenters. The average molecular weight is 278 g/mol. The van der Waals surface area contributed by atoms with Crippen LogP contribution in [0.3, 0.4) is 0 Å². The Balaban J connectivity index is 2.38. The van der Waals surface area contributed by atoms with E-state index in [1.54, 1.807) is 0 Å². The lowest BCUT2D eigenvalue weighted by atomic mass is 9.95. The average Bonchev–Trinajstić information content (AvgIpc) is 2.29. The predicted molar refractivity (Wildman–Crippen MR) is 68.6 cm³/mol. The van der Waals surface area contributed by atoms with Crippen molar-refractivity contribution in [3.8, 4) is 0 Å². The maximum Gasteiger partial charge on any atom is 0.303 e. The Morgan fingerprint density at radius 1 is 1.33 bits per heavy atom. The Morgan fingerprint density at radius 3 is 2.44 bits per heavy atom. The van der Waals surface area contributed by atoms with E-state index in [2.05, 4.69) is 0 Å². The largest absolute Gasteiger partial charge is 0.481 e. The van der Waals surface area contributed by atoms with Crippen LogP contribution in [-0.4, -0.2) is 49.2 Å². The molecule has 1 rings (SSSR count). The zero-order valence-electron chi connectivity index (χ0n) is 10.5. The van der Waals surface area contributed by atoms with E-state index in [9.17, 15) is 13.2 Å². The first kappa shape index (κ1) is 15.4. The molecular weight excluding hydrogens is 256 g/mol. The van der Waals surface area contributed by atoms with Crippen LogP contribution in [0.1, 0.15) is 32.1 Å². The van der Waals surface area contributed by atoms with Crippen LogP contribution < -0.4 is 5.73 Å². The number of nitrogens with zero attached hydrogens (tertiary/aromatic N) is 1. The summed E-state index contributed by atoms with van der Waals surface area (Å²) in [5.74, 6) is -0.492. The molecule has 0 bridgehead atoms. The topological polar surface area (TPSA) is 101 Å². The van der Waals surface area contributed by atoms with E-state index >= 15 is 0 Å². The number of aliphatic carboxylic acids is 1. The summed E-state index contributed by atoms with van der Waals surface area (Å²) in [7, 11) is -3.28. The van der Waals surface area contributed by atoms with Crippen molar-refractivity contribution in [1.82, 2.24) is 4.31 Å². The zero-order chi connectivity index (χ0) is 13.6. The van der Waals surface area contributed by atoms with Gasteiger partial charge in [-0.3, -0.25) is 4.79 Å². The van der Waals surface area contributed by atoms with Gasteiger partial charge in [-0.1, -0.05) is 0 Å². The van der Waals surface area contributed by atoms with Gasteiger partial charge in [0.05, 0.1) is 5.75 Å². The van der Waals surface area contributed by atoms with Crippen molar-refractivity contribution in [2.45, 2.75) is 32.1 Å². The first-order valence-corrected chi connectivity index (χ1v) is 7.96. The second kappa shape index (κ2) is 7.06. The number of hydrogen-bond acceptors (Lipinski definition) is 4. The van der Waals surface area contributed by atoms with Crippen LogP contribution in [0.2, 0.25) is 0 Å². The van der Waals surface area contributed by atoms with Crippen molar-refractivity contribution in [1.29, 1.82) is 0 Å². The number of rotatable bonds is 7. The van der Waals surface area contributed by atoms with Gasteiger partial charge < -0.3 is 10.8 Å². The van der Waals surface area contributed by atoms with Gasteiger partial charge in [0.1, 0.15) is 0 Å². The molecule has 0 aromatic carbocycles. The quantitative estimate of drug-likeness (QED) is 0.695. The summed E-state index contributed by atoms with van der Waals surface area (Å²) in [6.07, 6.45) is 2.75. The minimum atomic E-state index is -3.28. The van der Waals surface area contributed by atoms with Gasteiger partial charge in [0.15, 0.2) is 0 Å². The van der Waals surface area contributed by atoms with E-state index in [0.29, 0.717) is 25.6 Å². The third-order valence-electron chi connectivity index (χ3n) is 3.33. The lowest BCUT2D eigenvalue weighted by Crippen LogP contribution is -2.40. The Kier molecular flexibility index (Phi) is 6.04. The van der Waals surface area contributed by atoms with Crippen molar-refractivity contribution in [3.63, 3.8) is 0 Å². The molecule has 0 atom stereocenters. The SMILES string of the molecule is NCCC1CCN(S(=O)(=O)CCCC(=O)O)CC1. The number of carboxylic acid groups (broad SMARTS) is 1. The lowest BCUT2D eigenvalue weighted by molar-refractivity contribution is -0.137. The van der Waals surface area contributed by atoms with Gasteiger partial charge in [0, 0.05) is 19.5 Å². The van der Waals surface area contributed by atoms with E-state index in [4.69, 9.17) is 10.8 Å². The molecule has 0 saturated carbocycles. The molecule has 0 spiro atoms. The summed E-state index contributed by atoms with van der Waals surface area (Å²) >= 11 is 0. The molecule has 0 aliphatic carbocycles. The minimum Gasteiger partial charge on any atom is -0.481 e. The van der Waals surface area contributed by atoms with Crippen LogP contribution in [0.4, 0.5) is 0 Å². The number of piperidine rings is 1. The summed E-state index contributed by atoms with van der Waals surface area (Å²) in [6, 6.07) is 0. The first-order valence-electron chi connectivity index (χ1n) is 6.35. The Labute approximate surface area is 108 Å². The van der Waals surface area contributed by atoms with Crippen molar-refractivity contribution in [2.75, 3.05) is 25.4 Å². The molecule has 3 N–H and O–H groups in total. The smallest absolute Gasteiger partial charge is 0.303 e. The molecule has 1 heterocycles. The minimum absolute atomic E-state index is 0.0686. The fraction of sp³-hybridized carbons (Fsp3) is 0.909. The summed E-state index contributed by atoms with van der Waals surface area (Å²) in [4.78, 5) is 10.4. The maximum atomic E-state index is 11.9. The van der Waals surface area contributed by atoms with E-state index in [0.717, 1.165) is 19.3 Å². The Hall–Kier alpha value is -0.660. The molecule has 6 nitrogen and oxygen atoms in total. The molecule has 1 aliphatic rings. The second-order valence-electron chi connectivity index (χ2n) is 4.73. The highest BCUT2D eigenvalue weighted by Crippen LogP contribution is 2.22. The molecule has 7 heteroatoms. The van der Waals surface area contributed by atoms with Crippen molar-refractivity contribution in [3.05, 3.63) is 0 Å². The predicted octanol–water partition coefficient (Wildman–Crippen LogP) is 0.242. The molecular formula is C11H22N2O4S. The molecule has 0 aromatic rings. The van der Waals surface area contributed by atoms with Crippen LogP contribution in [-0.2, 0) is 14.8 Å². The Morgan fingerprint density at radius 2 is 1.94 bits per heavy atom. The molecule has 1 saturated heterocycles. The van der Waals surface area contributed by atoms with Crippen molar-refractivity contribution < 1.29 is 18.3 Å². The number of sulfonamides is 1. The van der Waals surface area contributed by atoms with Gasteiger partial charge in [0.2, 0.25) is 10.0 Å².